The second-order valence-electron chi connectivity index (χ2n) is 6.32. The lowest BCUT2D eigenvalue weighted by molar-refractivity contribution is 0.340. The SMILES string of the molecule is CC1CCC(N(C)c2nc3ccccc3cc2CCl)CC1. The van der Waals surface area contributed by atoms with Gasteiger partial charge in [0.1, 0.15) is 5.82 Å². The average molecular weight is 303 g/mol. The van der Waals surface area contributed by atoms with Gasteiger partial charge < -0.3 is 4.90 Å². The number of anilines is 1. The molecular weight excluding hydrogens is 280 g/mol. The molecule has 0 saturated heterocycles. The van der Waals surface area contributed by atoms with Crippen molar-refractivity contribution in [2.75, 3.05) is 11.9 Å². The number of nitrogens with zero attached hydrogens (tertiary/aromatic N) is 2. The summed E-state index contributed by atoms with van der Waals surface area (Å²) in [6.45, 7) is 2.36. The Morgan fingerprint density at radius 1 is 1.19 bits per heavy atom. The summed E-state index contributed by atoms with van der Waals surface area (Å²) in [5.41, 5.74) is 2.19. The Kier molecular flexibility index (Phi) is 4.34. The van der Waals surface area contributed by atoms with Gasteiger partial charge in [-0.3, -0.25) is 0 Å². The zero-order valence-electron chi connectivity index (χ0n) is 12.8. The minimum atomic E-state index is 0.515. The number of fused-ring (bicyclic) bond motifs is 1. The molecular formula is C18H23ClN2. The van der Waals surface area contributed by atoms with Gasteiger partial charge in [0.15, 0.2) is 0 Å². The standard InChI is InChI=1S/C18H23ClN2/c1-13-7-9-16(10-8-13)21(2)18-15(12-19)11-14-5-3-4-6-17(14)20-18/h3-6,11,13,16H,7-10,12H2,1-2H3. The van der Waals surface area contributed by atoms with E-state index in [9.17, 15) is 0 Å². The van der Waals surface area contributed by atoms with Crippen LogP contribution in [0.4, 0.5) is 5.82 Å². The molecule has 0 radical (unpaired) electrons. The van der Waals surface area contributed by atoms with E-state index in [1.807, 2.05) is 12.1 Å². The molecule has 0 aliphatic heterocycles. The van der Waals surface area contributed by atoms with Crippen molar-refractivity contribution in [1.29, 1.82) is 0 Å². The van der Waals surface area contributed by atoms with Gasteiger partial charge in [-0.25, -0.2) is 4.98 Å². The van der Waals surface area contributed by atoms with Crippen LogP contribution in [0.3, 0.4) is 0 Å². The zero-order chi connectivity index (χ0) is 14.8. The van der Waals surface area contributed by atoms with Crippen molar-refractivity contribution in [1.82, 2.24) is 4.98 Å². The number of para-hydroxylation sites is 1. The Morgan fingerprint density at radius 3 is 2.62 bits per heavy atom. The summed E-state index contributed by atoms with van der Waals surface area (Å²) in [6.07, 6.45) is 5.15. The lowest BCUT2D eigenvalue weighted by Crippen LogP contribution is -2.35. The molecule has 0 unspecified atom stereocenters. The maximum absolute atomic E-state index is 6.17. The largest absolute Gasteiger partial charge is 0.356 e. The number of alkyl halides is 1. The number of benzene rings is 1. The average Bonchev–Trinajstić information content (AvgIpc) is 2.53. The minimum Gasteiger partial charge on any atom is -0.356 e. The van der Waals surface area contributed by atoms with E-state index in [0.717, 1.165) is 22.8 Å². The first-order valence-corrected chi connectivity index (χ1v) is 8.40. The van der Waals surface area contributed by atoms with Crippen molar-refractivity contribution in [3.63, 3.8) is 0 Å². The van der Waals surface area contributed by atoms with Crippen LogP contribution in [0.1, 0.15) is 38.2 Å². The molecule has 2 nitrogen and oxygen atoms in total. The van der Waals surface area contributed by atoms with E-state index in [4.69, 9.17) is 16.6 Å². The van der Waals surface area contributed by atoms with Crippen LogP contribution >= 0.6 is 11.6 Å². The van der Waals surface area contributed by atoms with Gasteiger partial charge in [-0.1, -0.05) is 25.1 Å². The highest BCUT2D eigenvalue weighted by atomic mass is 35.5. The van der Waals surface area contributed by atoms with E-state index in [0.29, 0.717) is 11.9 Å². The van der Waals surface area contributed by atoms with Crippen molar-refractivity contribution in [3.05, 3.63) is 35.9 Å². The normalized spacial score (nSPS) is 22.4. The maximum atomic E-state index is 6.17. The monoisotopic (exact) mass is 302 g/mol. The van der Waals surface area contributed by atoms with E-state index >= 15 is 0 Å². The van der Waals surface area contributed by atoms with Crippen molar-refractivity contribution in [3.8, 4) is 0 Å². The number of hydrogen-bond acceptors (Lipinski definition) is 2. The summed E-state index contributed by atoms with van der Waals surface area (Å²) >= 11 is 6.17. The van der Waals surface area contributed by atoms with Crippen LogP contribution in [0.25, 0.3) is 10.9 Å². The molecule has 3 rings (SSSR count). The van der Waals surface area contributed by atoms with Crippen LogP contribution in [-0.4, -0.2) is 18.1 Å². The molecule has 1 saturated carbocycles. The third-order valence-corrected chi connectivity index (χ3v) is 5.08. The van der Waals surface area contributed by atoms with Gasteiger partial charge in [0.05, 0.1) is 11.4 Å². The van der Waals surface area contributed by atoms with Crippen LogP contribution in [-0.2, 0) is 5.88 Å². The second kappa shape index (κ2) is 6.23. The highest BCUT2D eigenvalue weighted by Gasteiger charge is 2.24. The first kappa shape index (κ1) is 14.6. The highest BCUT2D eigenvalue weighted by Crippen LogP contribution is 2.31. The second-order valence-corrected chi connectivity index (χ2v) is 6.59. The van der Waals surface area contributed by atoms with E-state index < -0.39 is 0 Å². The molecule has 1 heterocycles. The van der Waals surface area contributed by atoms with Gasteiger partial charge in [-0.05, 0) is 43.7 Å². The molecule has 21 heavy (non-hydrogen) atoms. The van der Waals surface area contributed by atoms with E-state index in [-0.39, 0.29) is 0 Å². The van der Waals surface area contributed by atoms with Gasteiger partial charge >= 0.3 is 0 Å². The van der Waals surface area contributed by atoms with Gasteiger partial charge in [-0.2, -0.15) is 0 Å². The quantitative estimate of drug-likeness (QED) is 0.743. The molecule has 0 N–H and O–H groups in total. The van der Waals surface area contributed by atoms with Gasteiger partial charge in [0.25, 0.3) is 0 Å². The van der Waals surface area contributed by atoms with E-state index in [1.54, 1.807) is 0 Å². The summed E-state index contributed by atoms with van der Waals surface area (Å²) < 4.78 is 0. The van der Waals surface area contributed by atoms with Crippen molar-refractivity contribution in [2.45, 2.75) is 44.5 Å². The number of pyridine rings is 1. The lowest BCUT2D eigenvalue weighted by Gasteiger charge is -2.35. The molecule has 1 fully saturated rings. The Labute approximate surface area is 132 Å². The number of halogens is 1. The number of rotatable bonds is 3. The van der Waals surface area contributed by atoms with Gasteiger partial charge in [0.2, 0.25) is 0 Å². The number of aromatic nitrogens is 1. The van der Waals surface area contributed by atoms with Crippen LogP contribution in [0.2, 0.25) is 0 Å². The maximum Gasteiger partial charge on any atom is 0.133 e. The van der Waals surface area contributed by atoms with Gasteiger partial charge in [-0.15, -0.1) is 11.6 Å². The topological polar surface area (TPSA) is 16.1 Å². The molecule has 1 aliphatic carbocycles. The zero-order valence-corrected chi connectivity index (χ0v) is 13.6. The molecule has 3 heteroatoms. The summed E-state index contributed by atoms with van der Waals surface area (Å²) in [5, 5.41) is 1.17. The predicted molar refractivity (Wildman–Crippen MR) is 91.1 cm³/mol. The summed E-state index contributed by atoms with van der Waals surface area (Å²) in [7, 11) is 2.17. The first-order valence-electron chi connectivity index (χ1n) is 7.86. The van der Waals surface area contributed by atoms with Crippen molar-refractivity contribution in [2.24, 2.45) is 5.92 Å². The van der Waals surface area contributed by atoms with Crippen LogP contribution < -0.4 is 4.90 Å². The Balaban J connectivity index is 1.94. The predicted octanol–water partition coefficient (Wildman–Crippen LogP) is 4.99. The molecule has 0 amide bonds. The molecule has 0 atom stereocenters. The highest BCUT2D eigenvalue weighted by molar-refractivity contribution is 6.17. The Hall–Kier alpha value is -1.28. The first-order chi connectivity index (χ1) is 10.2. The minimum absolute atomic E-state index is 0.515. The molecule has 0 spiro atoms. The lowest BCUT2D eigenvalue weighted by atomic mass is 9.86. The Bertz CT molecular complexity index is 618. The van der Waals surface area contributed by atoms with Crippen LogP contribution in [0.15, 0.2) is 30.3 Å². The van der Waals surface area contributed by atoms with Crippen molar-refractivity contribution >= 4 is 28.3 Å². The van der Waals surface area contributed by atoms with Crippen LogP contribution in [0.5, 0.6) is 0 Å². The molecule has 112 valence electrons. The van der Waals surface area contributed by atoms with Crippen molar-refractivity contribution < 1.29 is 0 Å². The third-order valence-electron chi connectivity index (χ3n) is 4.79. The van der Waals surface area contributed by atoms with Gasteiger partial charge in [0, 0.05) is 24.0 Å². The summed E-state index contributed by atoms with van der Waals surface area (Å²) in [6, 6.07) is 11.1. The molecule has 1 aromatic carbocycles. The third kappa shape index (κ3) is 3.01. The van der Waals surface area contributed by atoms with E-state index in [2.05, 4.69) is 37.1 Å². The fourth-order valence-corrected chi connectivity index (χ4v) is 3.55. The molecule has 1 aliphatic rings. The summed E-state index contributed by atoms with van der Waals surface area (Å²) in [5.74, 6) is 2.44. The van der Waals surface area contributed by atoms with Crippen LogP contribution in [0, 0.1) is 5.92 Å². The molecule has 2 aromatic rings. The smallest absolute Gasteiger partial charge is 0.133 e. The number of hydrogen-bond donors (Lipinski definition) is 0. The fraction of sp³-hybridized carbons (Fsp3) is 0.500. The Morgan fingerprint density at radius 2 is 1.90 bits per heavy atom. The molecule has 0 bridgehead atoms. The fourth-order valence-electron chi connectivity index (χ4n) is 3.36. The van der Waals surface area contributed by atoms with E-state index in [1.165, 1.54) is 31.1 Å². The summed E-state index contributed by atoms with van der Waals surface area (Å²) in [4.78, 5) is 7.24. The molecule has 1 aromatic heterocycles.